The maximum Gasteiger partial charge on any atom is 0.254 e. The summed E-state index contributed by atoms with van der Waals surface area (Å²) in [6.45, 7) is 6.72. The highest BCUT2D eigenvalue weighted by Crippen LogP contribution is 2.21. The molecule has 0 radical (unpaired) electrons. The quantitative estimate of drug-likeness (QED) is 0.575. The number of hydrogen-bond donors (Lipinski definition) is 1. The van der Waals surface area contributed by atoms with E-state index < -0.39 is 0 Å². The molecule has 5 nitrogen and oxygen atoms in total. The Morgan fingerprint density at radius 3 is 2.39 bits per heavy atom. The molecule has 3 rings (SSSR count). The van der Waals surface area contributed by atoms with E-state index in [1.807, 2.05) is 6.07 Å². The number of carbonyl (C=O) groups excluding carboxylic acids is 1. The summed E-state index contributed by atoms with van der Waals surface area (Å²) in [6.07, 6.45) is 0. The number of carbonyl (C=O) groups is 1. The maximum atomic E-state index is 12.2. The van der Waals surface area contributed by atoms with Crippen LogP contribution in [0.4, 0.5) is 0 Å². The third kappa shape index (κ3) is 6.04. The van der Waals surface area contributed by atoms with Crippen LogP contribution in [0.15, 0.2) is 53.6 Å². The molecule has 0 aromatic heterocycles. The highest BCUT2D eigenvalue weighted by molar-refractivity contribution is 6.37. The molecule has 1 heterocycles. The van der Waals surface area contributed by atoms with Gasteiger partial charge in [0.25, 0.3) is 5.91 Å². The van der Waals surface area contributed by atoms with Crippen LogP contribution in [0.25, 0.3) is 0 Å². The summed E-state index contributed by atoms with van der Waals surface area (Å²) in [7, 11) is 0. The highest BCUT2D eigenvalue weighted by Gasteiger charge is 2.19. The van der Waals surface area contributed by atoms with Crippen LogP contribution < -0.4 is 5.43 Å². The molecule has 2 aromatic rings. The fourth-order valence-electron chi connectivity index (χ4n) is 3.17. The van der Waals surface area contributed by atoms with E-state index in [1.54, 1.807) is 25.1 Å². The Kier molecular flexibility index (Phi) is 7.45. The van der Waals surface area contributed by atoms with E-state index >= 15 is 0 Å². The van der Waals surface area contributed by atoms with Gasteiger partial charge in [-0.1, -0.05) is 59.6 Å². The van der Waals surface area contributed by atoms with Gasteiger partial charge in [-0.3, -0.25) is 14.6 Å². The zero-order valence-electron chi connectivity index (χ0n) is 15.9. The minimum atomic E-state index is -0.124. The van der Waals surface area contributed by atoms with Gasteiger partial charge >= 0.3 is 0 Å². The molecule has 1 aliphatic rings. The van der Waals surface area contributed by atoms with Crippen LogP contribution in [0.3, 0.4) is 0 Å². The van der Waals surface area contributed by atoms with Crippen molar-refractivity contribution in [3.8, 4) is 0 Å². The van der Waals surface area contributed by atoms with Gasteiger partial charge < -0.3 is 0 Å². The number of hydrogen-bond acceptors (Lipinski definition) is 4. The normalized spacial score (nSPS) is 16.2. The molecular formula is C21H24Cl2N4O. The molecule has 0 unspecified atom stereocenters. The lowest BCUT2D eigenvalue weighted by Gasteiger charge is -2.34. The molecule has 2 aromatic carbocycles. The third-order valence-corrected chi connectivity index (χ3v) is 5.30. The van der Waals surface area contributed by atoms with Crippen molar-refractivity contribution in [2.24, 2.45) is 5.10 Å². The molecule has 0 atom stereocenters. The number of piperazine rings is 1. The predicted octanol–water partition coefficient (Wildman–Crippen LogP) is 3.65. The number of benzene rings is 2. The lowest BCUT2D eigenvalue weighted by Crippen LogP contribution is -2.48. The van der Waals surface area contributed by atoms with Gasteiger partial charge in [0.15, 0.2) is 0 Å². The summed E-state index contributed by atoms with van der Waals surface area (Å²) in [4.78, 5) is 16.8. The van der Waals surface area contributed by atoms with Crippen LogP contribution in [0.5, 0.6) is 0 Å². The average Bonchev–Trinajstić information content (AvgIpc) is 2.68. The van der Waals surface area contributed by atoms with Gasteiger partial charge in [0.1, 0.15) is 0 Å². The van der Waals surface area contributed by atoms with Crippen molar-refractivity contribution < 1.29 is 4.79 Å². The largest absolute Gasteiger partial charge is 0.297 e. The average molecular weight is 419 g/mol. The minimum Gasteiger partial charge on any atom is -0.297 e. The van der Waals surface area contributed by atoms with Gasteiger partial charge in [0, 0.05) is 43.3 Å². The van der Waals surface area contributed by atoms with Crippen molar-refractivity contribution in [3.05, 3.63) is 69.7 Å². The van der Waals surface area contributed by atoms with E-state index in [4.69, 9.17) is 23.2 Å². The van der Waals surface area contributed by atoms with Gasteiger partial charge in [-0.05, 0) is 24.6 Å². The second-order valence-electron chi connectivity index (χ2n) is 6.89. The first-order chi connectivity index (χ1) is 13.5. The van der Waals surface area contributed by atoms with E-state index in [0.717, 1.165) is 38.3 Å². The number of nitrogens with zero attached hydrogens (tertiary/aromatic N) is 3. The monoisotopic (exact) mass is 418 g/mol. The predicted molar refractivity (Wildman–Crippen MR) is 115 cm³/mol. The second kappa shape index (κ2) is 10.0. The van der Waals surface area contributed by atoms with Crippen LogP contribution >= 0.6 is 23.2 Å². The summed E-state index contributed by atoms with van der Waals surface area (Å²) >= 11 is 12.1. The van der Waals surface area contributed by atoms with Crippen LogP contribution in [-0.4, -0.2) is 54.1 Å². The molecule has 0 bridgehead atoms. The third-order valence-electron chi connectivity index (χ3n) is 4.75. The summed E-state index contributed by atoms with van der Waals surface area (Å²) in [5.41, 5.74) is 5.33. The van der Waals surface area contributed by atoms with E-state index in [0.29, 0.717) is 22.3 Å². The molecule has 28 heavy (non-hydrogen) atoms. The van der Waals surface area contributed by atoms with E-state index in [1.165, 1.54) is 5.56 Å². The Morgan fingerprint density at radius 2 is 1.71 bits per heavy atom. The number of amides is 1. The second-order valence-corrected chi connectivity index (χ2v) is 7.74. The lowest BCUT2D eigenvalue weighted by molar-refractivity contribution is -0.122. The standard InChI is InChI=1S/C21H24Cl2N4O/c1-16(19-8-7-18(22)13-20(19)23)24-25-21(28)15-27-11-9-26(10-12-27)14-17-5-3-2-4-6-17/h2-8,13H,9-12,14-15H2,1H3,(H,25,28)/b24-16+. The molecule has 1 N–H and O–H groups in total. The van der Waals surface area contributed by atoms with E-state index in [9.17, 15) is 4.79 Å². The lowest BCUT2D eigenvalue weighted by atomic mass is 10.1. The molecular weight excluding hydrogens is 395 g/mol. The minimum absolute atomic E-state index is 0.124. The molecule has 0 saturated carbocycles. The Balaban J connectivity index is 1.44. The number of nitrogens with one attached hydrogen (secondary N) is 1. The summed E-state index contributed by atoms with van der Waals surface area (Å²) in [6, 6.07) is 15.7. The molecule has 0 spiro atoms. The van der Waals surface area contributed by atoms with Crippen molar-refractivity contribution in [3.63, 3.8) is 0 Å². The summed E-state index contributed by atoms with van der Waals surface area (Å²) < 4.78 is 0. The van der Waals surface area contributed by atoms with Crippen LogP contribution in [-0.2, 0) is 11.3 Å². The maximum absolute atomic E-state index is 12.2. The topological polar surface area (TPSA) is 47.9 Å². The Hall–Kier alpha value is -1.92. The Bertz CT molecular complexity index is 834. The van der Waals surface area contributed by atoms with Crippen LogP contribution in [0.2, 0.25) is 10.0 Å². The Labute approximate surface area is 175 Å². The zero-order valence-corrected chi connectivity index (χ0v) is 17.4. The van der Waals surface area contributed by atoms with Crippen LogP contribution in [0.1, 0.15) is 18.1 Å². The number of hydrazone groups is 1. The smallest absolute Gasteiger partial charge is 0.254 e. The van der Waals surface area contributed by atoms with Gasteiger partial charge in [-0.15, -0.1) is 0 Å². The molecule has 148 valence electrons. The first-order valence-corrected chi connectivity index (χ1v) is 10.0. The van der Waals surface area contributed by atoms with Gasteiger partial charge in [-0.25, -0.2) is 5.43 Å². The SMILES string of the molecule is C/C(=N\NC(=O)CN1CCN(Cc2ccccc2)CC1)c1ccc(Cl)cc1Cl. The first kappa shape index (κ1) is 20.8. The zero-order chi connectivity index (χ0) is 19.9. The first-order valence-electron chi connectivity index (χ1n) is 9.28. The molecule has 1 saturated heterocycles. The summed E-state index contributed by atoms with van der Waals surface area (Å²) in [5, 5.41) is 5.25. The molecule has 1 amide bonds. The van der Waals surface area contributed by atoms with E-state index in [2.05, 4.69) is 44.6 Å². The van der Waals surface area contributed by atoms with Gasteiger partial charge in [-0.2, -0.15) is 5.10 Å². The molecule has 1 fully saturated rings. The van der Waals surface area contributed by atoms with Crippen molar-refractivity contribution in [2.75, 3.05) is 32.7 Å². The number of rotatable bonds is 6. The fourth-order valence-corrected chi connectivity index (χ4v) is 3.72. The molecule has 7 heteroatoms. The van der Waals surface area contributed by atoms with Gasteiger partial charge in [0.05, 0.1) is 17.3 Å². The highest BCUT2D eigenvalue weighted by atomic mass is 35.5. The molecule has 0 aliphatic carbocycles. The summed E-state index contributed by atoms with van der Waals surface area (Å²) in [5.74, 6) is -0.124. The van der Waals surface area contributed by atoms with Gasteiger partial charge in [0.2, 0.25) is 0 Å². The Morgan fingerprint density at radius 1 is 1.04 bits per heavy atom. The van der Waals surface area contributed by atoms with Crippen molar-refractivity contribution >= 4 is 34.8 Å². The van der Waals surface area contributed by atoms with Crippen molar-refractivity contribution in [1.82, 2.24) is 15.2 Å². The van der Waals surface area contributed by atoms with Crippen molar-refractivity contribution in [2.45, 2.75) is 13.5 Å². The van der Waals surface area contributed by atoms with E-state index in [-0.39, 0.29) is 5.91 Å². The number of halogens is 2. The van der Waals surface area contributed by atoms with Crippen LogP contribution in [0, 0.1) is 0 Å². The fraction of sp³-hybridized carbons (Fsp3) is 0.333. The van der Waals surface area contributed by atoms with Crippen molar-refractivity contribution in [1.29, 1.82) is 0 Å². The molecule has 1 aliphatic heterocycles.